The molecule has 0 spiro atoms. The number of hydrogen-bond acceptors (Lipinski definition) is 2. The van der Waals surface area contributed by atoms with E-state index in [2.05, 4.69) is 79.9 Å². The lowest BCUT2D eigenvalue weighted by Gasteiger charge is -2.52. The van der Waals surface area contributed by atoms with Gasteiger partial charge in [0.25, 0.3) is 0 Å². The van der Waals surface area contributed by atoms with Crippen LogP contribution in [0.15, 0.2) is 24.3 Å². The van der Waals surface area contributed by atoms with E-state index in [0.717, 1.165) is 26.1 Å². The summed E-state index contributed by atoms with van der Waals surface area (Å²) < 4.78 is 13.7. The molecule has 0 aliphatic heterocycles. The average Bonchev–Trinajstić information content (AvgIpc) is 3.03. The molecule has 0 saturated carbocycles. The molecule has 3 heteroatoms. The van der Waals surface area contributed by atoms with E-state index < -0.39 is 0 Å². The van der Waals surface area contributed by atoms with Crippen molar-refractivity contribution in [3.8, 4) is 0 Å². The molecule has 3 nitrogen and oxygen atoms in total. The summed E-state index contributed by atoms with van der Waals surface area (Å²) in [5.41, 5.74) is -0.594. The normalized spacial score (nSPS) is 13.1. The lowest BCUT2D eigenvalue weighted by atomic mass is 10.1. The maximum atomic E-state index is 6.51. The Labute approximate surface area is 297 Å². The van der Waals surface area contributed by atoms with Crippen molar-refractivity contribution in [2.24, 2.45) is 0 Å². The van der Waals surface area contributed by atoms with Gasteiger partial charge in [-0.25, -0.2) is 0 Å². The van der Waals surface area contributed by atoms with Crippen LogP contribution in [-0.2, 0) is 9.47 Å². The summed E-state index contributed by atoms with van der Waals surface area (Å²) in [6.07, 6.45) is 47.1. The molecule has 0 aromatic heterocycles. The third-order valence-electron chi connectivity index (χ3n) is 10.9. The molecule has 0 radical (unpaired) electrons. The highest BCUT2D eigenvalue weighted by Gasteiger charge is 2.49. The summed E-state index contributed by atoms with van der Waals surface area (Å²) in [6, 6.07) is 0. The van der Waals surface area contributed by atoms with Crippen molar-refractivity contribution in [3.05, 3.63) is 24.3 Å². The van der Waals surface area contributed by atoms with Gasteiger partial charge < -0.3 is 9.47 Å². The molecule has 0 fully saturated rings. The Hall–Kier alpha value is -0.640. The van der Waals surface area contributed by atoms with Crippen LogP contribution in [-0.4, -0.2) is 43.2 Å². The van der Waals surface area contributed by atoms with E-state index in [1.807, 2.05) is 0 Å². The topological polar surface area (TPSA) is 18.5 Å². The molecule has 0 N–H and O–H groups in total. The van der Waals surface area contributed by atoms with Crippen LogP contribution in [0.25, 0.3) is 0 Å². The van der Waals surface area contributed by atoms with E-state index in [-0.39, 0.29) is 11.4 Å². The number of rotatable bonds is 36. The molecule has 0 aromatic carbocycles. The van der Waals surface area contributed by atoms with Gasteiger partial charge in [0.1, 0.15) is 0 Å². The molecule has 0 amide bonds. The van der Waals surface area contributed by atoms with Crippen LogP contribution >= 0.6 is 0 Å². The number of allylic oxidation sites excluding steroid dienone is 4. The van der Waals surface area contributed by atoms with Crippen LogP contribution in [0.3, 0.4) is 0 Å². The fourth-order valence-electron chi connectivity index (χ4n) is 6.31. The molecule has 0 aliphatic rings. The minimum Gasteiger partial charge on any atom is -0.327 e. The molecular formula is C44H88NO2+. The molecule has 0 aromatic rings. The van der Waals surface area contributed by atoms with Crippen molar-refractivity contribution < 1.29 is 14.0 Å². The summed E-state index contributed by atoms with van der Waals surface area (Å²) in [4.78, 5) is 0. The first-order chi connectivity index (χ1) is 22.6. The number of nitrogens with zero attached hydrogens (tertiary/aromatic N) is 1. The largest absolute Gasteiger partial charge is 0.327 e. The van der Waals surface area contributed by atoms with E-state index in [1.165, 1.54) is 167 Å². The van der Waals surface area contributed by atoms with Crippen molar-refractivity contribution in [2.75, 3.05) is 27.3 Å². The van der Waals surface area contributed by atoms with E-state index in [0.29, 0.717) is 4.48 Å². The molecule has 0 bridgehead atoms. The lowest BCUT2D eigenvalue weighted by Crippen LogP contribution is -2.68. The third kappa shape index (κ3) is 25.9. The number of ether oxygens (including phenoxy) is 2. The summed E-state index contributed by atoms with van der Waals surface area (Å²) >= 11 is 0. The minimum atomic E-state index is -0.297. The summed E-state index contributed by atoms with van der Waals surface area (Å²) in [7, 11) is 4.54. The second-order valence-corrected chi connectivity index (χ2v) is 15.9. The van der Waals surface area contributed by atoms with E-state index in [9.17, 15) is 0 Å². The third-order valence-corrected chi connectivity index (χ3v) is 10.9. The van der Waals surface area contributed by atoms with E-state index in [1.54, 1.807) is 0 Å². The van der Waals surface area contributed by atoms with Gasteiger partial charge in [-0.15, -0.1) is 0 Å². The predicted octanol–water partition coefficient (Wildman–Crippen LogP) is 14.6. The van der Waals surface area contributed by atoms with Crippen molar-refractivity contribution in [3.63, 3.8) is 0 Å². The Morgan fingerprint density at radius 2 is 0.596 bits per heavy atom. The fraction of sp³-hybridized carbons (Fsp3) is 0.909. The molecule has 280 valence electrons. The second kappa shape index (κ2) is 31.3. The quantitative estimate of drug-likeness (QED) is 0.0288. The van der Waals surface area contributed by atoms with Crippen LogP contribution in [0.5, 0.6) is 0 Å². The van der Waals surface area contributed by atoms with Crippen LogP contribution in [0.2, 0.25) is 0 Å². The number of hydrogen-bond donors (Lipinski definition) is 0. The van der Waals surface area contributed by atoms with Gasteiger partial charge in [-0.05, 0) is 64.2 Å². The molecule has 0 unspecified atom stereocenters. The Balaban J connectivity index is 3.84. The van der Waals surface area contributed by atoms with Crippen LogP contribution in [0.4, 0.5) is 0 Å². The van der Waals surface area contributed by atoms with Crippen molar-refractivity contribution in [2.45, 2.75) is 233 Å². The Kier molecular flexibility index (Phi) is 30.9. The van der Waals surface area contributed by atoms with Gasteiger partial charge >= 0.3 is 0 Å². The Morgan fingerprint density at radius 1 is 0.362 bits per heavy atom. The summed E-state index contributed by atoms with van der Waals surface area (Å²) in [6.45, 7) is 15.2. The molecule has 0 rings (SSSR count). The molecule has 0 saturated heterocycles. The maximum absolute atomic E-state index is 6.51. The maximum Gasteiger partial charge on any atom is 0.199 e. The van der Waals surface area contributed by atoms with Crippen molar-refractivity contribution >= 4 is 0 Å². The van der Waals surface area contributed by atoms with Crippen molar-refractivity contribution in [1.82, 2.24) is 0 Å². The lowest BCUT2D eigenvalue weighted by molar-refractivity contribution is -1.02. The Bertz CT molecular complexity index is 650. The Morgan fingerprint density at radius 3 is 0.872 bits per heavy atom. The zero-order valence-corrected chi connectivity index (χ0v) is 33.8. The highest BCUT2D eigenvalue weighted by Crippen LogP contribution is 2.33. The molecule has 0 atom stereocenters. The number of quaternary nitrogens is 1. The standard InChI is InChI=1S/C44H88NO2/c1-9-11-13-15-17-19-21-23-25-27-29-31-33-35-37-39-41-46-43(3,4)45(7,8)44(5,6)47-42-40-38-36-34-32-30-28-26-24-22-20-18-16-14-12-10-2/h23-26H,9-22,27-42H2,1-8H3/q+1/b25-23-,26-24-. The van der Waals surface area contributed by atoms with Crippen LogP contribution in [0.1, 0.15) is 221 Å². The first-order valence-electron chi connectivity index (χ1n) is 21.0. The zero-order valence-electron chi connectivity index (χ0n) is 33.8. The highest BCUT2D eigenvalue weighted by molar-refractivity contribution is 4.82. The van der Waals surface area contributed by atoms with Gasteiger partial charge in [0.15, 0.2) is 11.4 Å². The average molecular weight is 663 g/mol. The van der Waals surface area contributed by atoms with Gasteiger partial charge in [0, 0.05) is 27.7 Å². The van der Waals surface area contributed by atoms with Gasteiger partial charge in [0.05, 0.1) is 27.3 Å². The number of unbranched alkanes of at least 4 members (excludes halogenated alkanes) is 24. The van der Waals surface area contributed by atoms with Gasteiger partial charge in [-0.3, -0.25) is 4.48 Å². The van der Waals surface area contributed by atoms with Crippen LogP contribution < -0.4 is 0 Å². The summed E-state index contributed by atoms with van der Waals surface area (Å²) in [5, 5.41) is 0. The minimum absolute atomic E-state index is 0.297. The van der Waals surface area contributed by atoms with Gasteiger partial charge in [0.2, 0.25) is 0 Å². The first kappa shape index (κ1) is 46.4. The molecular weight excluding hydrogens is 574 g/mol. The summed E-state index contributed by atoms with van der Waals surface area (Å²) in [5.74, 6) is 0. The monoisotopic (exact) mass is 663 g/mol. The second-order valence-electron chi connectivity index (χ2n) is 15.9. The fourth-order valence-corrected chi connectivity index (χ4v) is 6.31. The van der Waals surface area contributed by atoms with Crippen LogP contribution in [0, 0.1) is 0 Å². The van der Waals surface area contributed by atoms with Gasteiger partial charge in [-0.2, -0.15) is 0 Å². The smallest absolute Gasteiger partial charge is 0.199 e. The molecule has 0 aliphatic carbocycles. The zero-order chi connectivity index (χ0) is 35.0. The van der Waals surface area contributed by atoms with E-state index >= 15 is 0 Å². The molecule has 0 heterocycles. The predicted molar refractivity (Wildman–Crippen MR) is 211 cm³/mol. The van der Waals surface area contributed by atoms with Crippen molar-refractivity contribution in [1.29, 1.82) is 0 Å². The highest BCUT2D eigenvalue weighted by atomic mass is 16.6. The molecule has 47 heavy (non-hydrogen) atoms. The first-order valence-corrected chi connectivity index (χ1v) is 21.0. The van der Waals surface area contributed by atoms with E-state index in [4.69, 9.17) is 9.47 Å². The SMILES string of the molecule is CCCCCCCC/C=C\CCCCCCCCOC(C)(C)[N+](C)(C)C(C)(C)OCCCCCCCC/C=C\CCCCCCCC. The van der Waals surface area contributed by atoms with Gasteiger partial charge in [-0.1, -0.05) is 154 Å².